The summed E-state index contributed by atoms with van der Waals surface area (Å²) < 4.78 is 33.7. The Morgan fingerprint density at radius 2 is 2.04 bits per heavy atom. The van der Waals surface area contributed by atoms with Gasteiger partial charge in [-0.15, -0.1) is 0 Å². The van der Waals surface area contributed by atoms with Crippen LogP contribution in [0.1, 0.15) is 24.2 Å². The van der Waals surface area contributed by atoms with Gasteiger partial charge in [-0.25, -0.2) is 18.5 Å². The van der Waals surface area contributed by atoms with Crippen LogP contribution in [0.4, 0.5) is 0 Å². The number of benzene rings is 1. The number of nitrogens with two attached hydrogens (primary N) is 1. The van der Waals surface area contributed by atoms with Crippen LogP contribution in [0.5, 0.6) is 0 Å². The van der Waals surface area contributed by atoms with Gasteiger partial charge >= 0.3 is 0 Å². The maximum atomic E-state index is 11.3. The van der Waals surface area contributed by atoms with Gasteiger partial charge in [-0.3, -0.25) is 0 Å². The molecule has 1 saturated heterocycles. The van der Waals surface area contributed by atoms with Crippen LogP contribution < -0.4 is 15.8 Å². The molecule has 152 valence electrons. The predicted octanol–water partition coefficient (Wildman–Crippen LogP) is 1.38. The standard InChI is InChI=1S/C19H26N4O4S/c20-28(24,25)18-7-5-15(6-8-18)13-22-19(23-14-17-4-2-12-27-17)21-10-9-16-3-1-11-26-16/h1,3,5-8,11,17H,2,4,9-10,12-14H2,(H2,20,24,25)(H2,21,22,23). The molecule has 1 aliphatic heterocycles. The quantitative estimate of drug-likeness (QED) is 0.450. The van der Waals surface area contributed by atoms with Crippen molar-refractivity contribution < 1.29 is 17.6 Å². The number of primary sulfonamides is 1. The van der Waals surface area contributed by atoms with Crippen LogP contribution in [-0.4, -0.2) is 40.2 Å². The molecule has 0 spiro atoms. The van der Waals surface area contributed by atoms with Gasteiger partial charge in [-0.2, -0.15) is 0 Å². The summed E-state index contributed by atoms with van der Waals surface area (Å²) in [6.07, 6.45) is 4.73. The van der Waals surface area contributed by atoms with Crippen molar-refractivity contribution in [3.05, 3.63) is 54.0 Å². The highest BCUT2D eigenvalue weighted by atomic mass is 32.2. The van der Waals surface area contributed by atoms with E-state index >= 15 is 0 Å². The molecule has 0 saturated carbocycles. The Labute approximate surface area is 165 Å². The van der Waals surface area contributed by atoms with Gasteiger partial charge in [0.05, 0.1) is 23.8 Å². The van der Waals surface area contributed by atoms with Gasteiger partial charge < -0.3 is 19.8 Å². The molecule has 1 aliphatic rings. The molecule has 0 radical (unpaired) electrons. The van der Waals surface area contributed by atoms with Crippen molar-refractivity contribution in [1.29, 1.82) is 0 Å². The Morgan fingerprint density at radius 3 is 2.68 bits per heavy atom. The van der Waals surface area contributed by atoms with Gasteiger partial charge in [0, 0.05) is 26.1 Å². The van der Waals surface area contributed by atoms with Crippen LogP contribution in [0.2, 0.25) is 0 Å². The predicted molar refractivity (Wildman–Crippen MR) is 106 cm³/mol. The third-order valence-electron chi connectivity index (χ3n) is 4.44. The zero-order chi connectivity index (χ0) is 19.8. The van der Waals surface area contributed by atoms with Crippen LogP contribution in [0, 0.1) is 0 Å². The number of sulfonamides is 1. The summed E-state index contributed by atoms with van der Waals surface area (Å²) in [7, 11) is -3.69. The zero-order valence-corrected chi connectivity index (χ0v) is 16.5. The molecule has 3 rings (SSSR count). The maximum absolute atomic E-state index is 11.3. The molecule has 4 N–H and O–H groups in total. The number of nitrogens with one attached hydrogen (secondary N) is 2. The van der Waals surface area contributed by atoms with E-state index in [9.17, 15) is 8.42 Å². The van der Waals surface area contributed by atoms with E-state index in [1.165, 1.54) is 12.1 Å². The second-order valence-electron chi connectivity index (χ2n) is 6.63. The van der Waals surface area contributed by atoms with Crippen LogP contribution >= 0.6 is 0 Å². The highest BCUT2D eigenvalue weighted by Crippen LogP contribution is 2.11. The molecule has 2 heterocycles. The minimum Gasteiger partial charge on any atom is -0.469 e. The Morgan fingerprint density at radius 1 is 1.21 bits per heavy atom. The number of ether oxygens (including phenoxy) is 1. The number of nitrogens with zero attached hydrogens (tertiary/aromatic N) is 1. The first-order valence-electron chi connectivity index (χ1n) is 9.28. The molecule has 1 unspecified atom stereocenters. The fraction of sp³-hybridized carbons (Fsp3) is 0.421. The zero-order valence-electron chi connectivity index (χ0n) is 15.6. The van der Waals surface area contributed by atoms with E-state index in [1.807, 2.05) is 12.1 Å². The lowest BCUT2D eigenvalue weighted by molar-refractivity contribution is 0.114. The molecule has 28 heavy (non-hydrogen) atoms. The summed E-state index contributed by atoms with van der Waals surface area (Å²) in [5.41, 5.74) is 0.886. The third kappa shape index (κ3) is 6.36. The van der Waals surface area contributed by atoms with Crippen molar-refractivity contribution in [3.63, 3.8) is 0 Å². The minimum absolute atomic E-state index is 0.0912. The maximum Gasteiger partial charge on any atom is 0.238 e. The number of hydrogen-bond donors (Lipinski definition) is 3. The molecule has 1 aromatic carbocycles. The minimum atomic E-state index is -3.69. The molecule has 1 fully saturated rings. The second-order valence-corrected chi connectivity index (χ2v) is 8.19. The van der Waals surface area contributed by atoms with Gasteiger partial charge in [-0.1, -0.05) is 12.1 Å². The molecule has 1 aromatic heterocycles. The van der Waals surface area contributed by atoms with Crippen molar-refractivity contribution in [2.45, 2.75) is 36.8 Å². The molecular weight excluding hydrogens is 380 g/mol. The summed E-state index contributed by atoms with van der Waals surface area (Å²) in [6.45, 7) is 2.58. The van der Waals surface area contributed by atoms with Gasteiger partial charge in [-0.05, 0) is 42.7 Å². The molecule has 8 nitrogen and oxygen atoms in total. The topological polar surface area (TPSA) is 119 Å². The lowest BCUT2D eigenvalue weighted by Crippen LogP contribution is -2.41. The molecule has 2 aromatic rings. The normalized spacial score (nSPS) is 17.6. The number of rotatable bonds is 8. The van der Waals surface area contributed by atoms with Crippen molar-refractivity contribution in [2.75, 3.05) is 19.7 Å². The SMILES string of the molecule is NS(=O)(=O)c1ccc(CN=C(NCCc2ccco2)NCC2CCCO2)cc1. The second kappa shape index (κ2) is 9.72. The molecule has 0 bridgehead atoms. The van der Waals surface area contributed by atoms with Crippen molar-refractivity contribution in [1.82, 2.24) is 10.6 Å². The average molecular weight is 407 g/mol. The molecule has 0 amide bonds. The van der Waals surface area contributed by atoms with Crippen LogP contribution in [0.25, 0.3) is 0 Å². The summed E-state index contributed by atoms with van der Waals surface area (Å²) in [4.78, 5) is 4.68. The summed E-state index contributed by atoms with van der Waals surface area (Å²) in [5, 5.41) is 11.7. The summed E-state index contributed by atoms with van der Waals surface area (Å²) >= 11 is 0. The number of furan rings is 1. The molecule has 1 atom stereocenters. The highest BCUT2D eigenvalue weighted by Gasteiger charge is 2.15. The van der Waals surface area contributed by atoms with E-state index in [0.29, 0.717) is 25.6 Å². The monoisotopic (exact) mass is 406 g/mol. The first-order chi connectivity index (χ1) is 13.5. The van der Waals surface area contributed by atoms with E-state index in [2.05, 4.69) is 15.6 Å². The summed E-state index contributed by atoms with van der Waals surface area (Å²) in [5.74, 6) is 1.59. The molecular formula is C19H26N4O4S. The van der Waals surface area contributed by atoms with Crippen LogP contribution in [-0.2, 0) is 27.7 Å². The number of guanidine groups is 1. The van der Waals surface area contributed by atoms with E-state index < -0.39 is 10.0 Å². The van der Waals surface area contributed by atoms with E-state index in [1.54, 1.807) is 18.4 Å². The van der Waals surface area contributed by atoms with Gasteiger partial charge in [0.2, 0.25) is 10.0 Å². The number of aliphatic imine (C=N–C) groups is 1. The Hall–Kier alpha value is -2.36. The Kier molecular flexibility index (Phi) is 7.07. The van der Waals surface area contributed by atoms with Gasteiger partial charge in [0.15, 0.2) is 5.96 Å². The Balaban J connectivity index is 1.58. The molecule has 9 heteroatoms. The fourth-order valence-electron chi connectivity index (χ4n) is 2.90. The average Bonchev–Trinajstić information content (AvgIpc) is 3.37. The first-order valence-corrected chi connectivity index (χ1v) is 10.8. The van der Waals surface area contributed by atoms with Gasteiger partial charge in [0.25, 0.3) is 0 Å². The highest BCUT2D eigenvalue weighted by molar-refractivity contribution is 7.89. The largest absolute Gasteiger partial charge is 0.469 e. The van der Waals surface area contributed by atoms with Crippen molar-refractivity contribution >= 4 is 16.0 Å². The third-order valence-corrected chi connectivity index (χ3v) is 5.37. The van der Waals surface area contributed by atoms with E-state index in [-0.39, 0.29) is 11.0 Å². The summed E-state index contributed by atoms with van der Waals surface area (Å²) in [6, 6.07) is 10.2. The van der Waals surface area contributed by atoms with Crippen LogP contribution in [0.15, 0.2) is 57.0 Å². The Bertz CT molecular complexity index is 858. The van der Waals surface area contributed by atoms with E-state index in [4.69, 9.17) is 14.3 Å². The van der Waals surface area contributed by atoms with Crippen molar-refractivity contribution in [3.8, 4) is 0 Å². The molecule has 0 aliphatic carbocycles. The number of hydrogen-bond acceptors (Lipinski definition) is 5. The van der Waals surface area contributed by atoms with Gasteiger partial charge in [0.1, 0.15) is 5.76 Å². The lowest BCUT2D eigenvalue weighted by Gasteiger charge is -2.15. The van der Waals surface area contributed by atoms with E-state index in [0.717, 1.165) is 37.2 Å². The first kappa shape index (κ1) is 20.4. The van der Waals surface area contributed by atoms with Crippen molar-refractivity contribution in [2.24, 2.45) is 10.1 Å². The lowest BCUT2D eigenvalue weighted by atomic mass is 10.2. The fourth-order valence-corrected chi connectivity index (χ4v) is 3.42. The van der Waals surface area contributed by atoms with Crippen LogP contribution in [0.3, 0.4) is 0 Å². The smallest absolute Gasteiger partial charge is 0.238 e.